The topological polar surface area (TPSA) is 93.5 Å². The largest absolute Gasteiger partial charge is 0.385 e. The van der Waals surface area contributed by atoms with Gasteiger partial charge in [0.1, 0.15) is 6.54 Å². The lowest BCUT2D eigenvalue weighted by atomic mass is 9.96. The molecule has 0 spiro atoms. The molecule has 0 saturated carbocycles. The monoisotopic (exact) mass is 392 g/mol. The van der Waals surface area contributed by atoms with Crippen molar-refractivity contribution in [2.45, 2.75) is 29.8 Å². The van der Waals surface area contributed by atoms with Crippen LogP contribution in [0.1, 0.15) is 12.8 Å². The molecule has 1 aromatic heterocycles. The highest BCUT2D eigenvalue weighted by atomic mass is 32.2. The van der Waals surface area contributed by atoms with Crippen LogP contribution in [0, 0.1) is 0 Å². The van der Waals surface area contributed by atoms with Gasteiger partial charge in [0.2, 0.25) is 15.9 Å². The third-order valence-electron chi connectivity index (χ3n) is 4.75. The maximum absolute atomic E-state index is 12.8. The second-order valence-electron chi connectivity index (χ2n) is 6.71. The summed E-state index contributed by atoms with van der Waals surface area (Å²) in [7, 11) is -2.11. The SMILES string of the molecule is COCCC1(NS(=O)(=O)c2ccccc2)CCN(C(=O)Cn2cccn2)C1. The molecule has 8 nitrogen and oxygen atoms in total. The highest BCUT2D eigenvalue weighted by Crippen LogP contribution is 2.28. The van der Waals surface area contributed by atoms with E-state index >= 15 is 0 Å². The van der Waals surface area contributed by atoms with Crippen molar-refractivity contribution in [2.24, 2.45) is 0 Å². The first-order chi connectivity index (χ1) is 12.9. The van der Waals surface area contributed by atoms with Gasteiger partial charge in [-0.3, -0.25) is 9.48 Å². The van der Waals surface area contributed by atoms with E-state index in [0.717, 1.165) is 0 Å². The molecule has 146 valence electrons. The third kappa shape index (κ3) is 4.74. The Balaban J connectivity index is 1.75. The first-order valence-electron chi connectivity index (χ1n) is 8.77. The summed E-state index contributed by atoms with van der Waals surface area (Å²) in [6, 6.07) is 10.0. The van der Waals surface area contributed by atoms with Crippen molar-refractivity contribution in [3.63, 3.8) is 0 Å². The van der Waals surface area contributed by atoms with Gasteiger partial charge in [0.05, 0.1) is 10.4 Å². The Hall–Kier alpha value is -2.23. The molecule has 3 rings (SSSR count). The fraction of sp³-hybridized carbons (Fsp3) is 0.444. The Labute approximate surface area is 159 Å². The molecule has 2 aromatic rings. The molecule has 2 heterocycles. The van der Waals surface area contributed by atoms with Crippen LogP contribution in [-0.2, 0) is 26.1 Å². The van der Waals surface area contributed by atoms with E-state index in [-0.39, 0.29) is 17.3 Å². The number of carbonyl (C=O) groups is 1. The lowest BCUT2D eigenvalue weighted by molar-refractivity contribution is -0.131. The number of aromatic nitrogens is 2. The van der Waals surface area contributed by atoms with Gasteiger partial charge in [-0.25, -0.2) is 13.1 Å². The predicted octanol–water partition coefficient (Wildman–Crippen LogP) is 0.869. The van der Waals surface area contributed by atoms with Crippen LogP contribution in [-0.4, -0.2) is 61.4 Å². The van der Waals surface area contributed by atoms with E-state index in [2.05, 4.69) is 9.82 Å². The average Bonchev–Trinajstić information content (AvgIpc) is 3.31. The number of sulfonamides is 1. The van der Waals surface area contributed by atoms with E-state index in [0.29, 0.717) is 32.5 Å². The van der Waals surface area contributed by atoms with Crippen LogP contribution in [0.3, 0.4) is 0 Å². The molecule has 1 aromatic carbocycles. The fourth-order valence-corrected chi connectivity index (χ4v) is 4.77. The van der Waals surface area contributed by atoms with E-state index in [1.165, 1.54) is 0 Å². The number of ether oxygens (including phenoxy) is 1. The summed E-state index contributed by atoms with van der Waals surface area (Å²) in [6.07, 6.45) is 4.37. The number of rotatable bonds is 8. The van der Waals surface area contributed by atoms with Crippen LogP contribution in [0.5, 0.6) is 0 Å². The van der Waals surface area contributed by atoms with Crippen LogP contribution in [0.15, 0.2) is 53.7 Å². The maximum atomic E-state index is 12.8. The van der Waals surface area contributed by atoms with Crippen LogP contribution >= 0.6 is 0 Å². The van der Waals surface area contributed by atoms with E-state index < -0.39 is 15.6 Å². The molecule has 0 bridgehead atoms. The zero-order valence-electron chi connectivity index (χ0n) is 15.2. The van der Waals surface area contributed by atoms with Gasteiger partial charge in [0, 0.05) is 39.2 Å². The van der Waals surface area contributed by atoms with E-state index in [1.807, 2.05) is 0 Å². The van der Waals surface area contributed by atoms with Gasteiger partial charge in [-0.05, 0) is 31.0 Å². The lowest BCUT2D eigenvalue weighted by Gasteiger charge is -2.30. The molecule has 1 saturated heterocycles. The number of carbonyl (C=O) groups excluding carboxylic acids is 1. The number of likely N-dealkylation sites (tertiary alicyclic amines) is 1. The van der Waals surface area contributed by atoms with Crippen molar-refractivity contribution in [3.05, 3.63) is 48.8 Å². The molecule has 27 heavy (non-hydrogen) atoms. The minimum Gasteiger partial charge on any atom is -0.385 e. The van der Waals surface area contributed by atoms with Crippen molar-refractivity contribution in [1.82, 2.24) is 19.4 Å². The summed E-state index contributed by atoms with van der Waals surface area (Å²) in [5.41, 5.74) is -0.746. The van der Waals surface area contributed by atoms with E-state index in [1.54, 1.807) is 65.5 Å². The minimum absolute atomic E-state index is 0.0862. The van der Waals surface area contributed by atoms with Crippen molar-refractivity contribution < 1.29 is 17.9 Å². The molecule has 0 aliphatic carbocycles. The van der Waals surface area contributed by atoms with Crippen LogP contribution in [0.2, 0.25) is 0 Å². The van der Waals surface area contributed by atoms with Crippen molar-refractivity contribution in [2.75, 3.05) is 26.8 Å². The van der Waals surface area contributed by atoms with Crippen molar-refractivity contribution >= 4 is 15.9 Å². The van der Waals surface area contributed by atoms with E-state index in [9.17, 15) is 13.2 Å². The molecule has 1 unspecified atom stereocenters. The number of methoxy groups -OCH3 is 1. The fourth-order valence-electron chi connectivity index (χ4n) is 3.30. The summed E-state index contributed by atoms with van der Waals surface area (Å²) in [6.45, 7) is 1.33. The second-order valence-corrected chi connectivity index (χ2v) is 8.39. The summed E-state index contributed by atoms with van der Waals surface area (Å²) >= 11 is 0. The molecule has 1 atom stereocenters. The molecule has 1 amide bonds. The van der Waals surface area contributed by atoms with Gasteiger partial charge >= 0.3 is 0 Å². The standard InChI is InChI=1S/C18H24N4O4S/c1-26-13-9-18(20-27(24,25)16-6-3-2-4-7-16)8-12-21(15-18)17(23)14-22-11-5-10-19-22/h2-7,10-11,20H,8-9,12-15H2,1H3. The Morgan fingerprint density at radius 1 is 1.30 bits per heavy atom. The highest BCUT2D eigenvalue weighted by Gasteiger charge is 2.42. The summed E-state index contributed by atoms with van der Waals surface area (Å²) in [4.78, 5) is 14.5. The average molecular weight is 392 g/mol. The molecule has 1 aliphatic rings. The Morgan fingerprint density at radius 3 is 2.74 bits per heavy atom. The summed E-state index contributed by atoms with van der Waals surface area (Å²) in [5, 5.41) is 4.05. The van der Waals surface area contributed by atoms with Gasteiger partial charge in [-0.15, -0.1) is 0 Å². The summed E-state index contributed by atoms with van der Waals surface area (Å²) < 4.78 is 35.2. The predicted molar refractivity (Wildman–Crippen MR) is 99.4 cm³/mol. The molecule has 1 fully saturated rings. The van der Waals surface area contributed by atoms with Crippen molar-refractivity contribution in [1.29, 1.82) is 0 Å². The van der Waals surface area contributed by atoms with Gasteiger partial charge in [-0.1, -0.05) is 18.2 Å². The Bertz CT molecular complexity index is 855. The molecular formula is C18H24N4O4S. The minimum atomic E-state index is -3.69. The lowest BCUT2D eigenvalue weighted by Crippen LogP contribution is -2.51. The Morgan fingerprint density at radius 2 is 2.07 bits per heavy atom. The molecular weight excluding hydrogens is 368 g/mol. The number of amides is 1. The second kappa shape index (κ2) is 8.20. The number of nitrogens with zero attached hydrogens (tertiary/aromatic N) is 3. The normalized spacial score (nSPS) is 20.1. The highest BCUT2D eigenvalue weighted by molar-refractivity contribution is 7.89. The van der Waals surface area contributed by atoms with Gasteiger partial charge in [-0.2, -0.15) is 5.10 Å². The van der Waals surface area contributed by atoms with Crippen LogP contribution < -0.4 is 4.72 Å². The van der Waals surface area contributed by atoms with Crippen LogP contribution in [0.25, 0.3) is 0 Å². The number of benzene rings is 1. The smallest absolute Gasteiger partial charge is 0.244 e. The first kappa shape index (κ1) is 19.5. The van der Waals surface area contributed by atoms with Gasteiger partial charge in [0.25, 0.3) is 0 Å². The Kier molecular flexibility index (Phi) is 5.93. The zero-order chi connectivity index (χ0) is 19.3. The third-order valence-corrected chi connectivity index (χ3v) is 6.35. The number of nitrogens with one attached hydrogen (secondary N) is 1. The summed E-state index contributed by atoms with van der Waals surface area (Å²) in [5.74, 6) is -0.0862. The first-order valence-corrected chi connectivity index (χ1v) is 10.3. The van der Waals surface area contributed by atoms with Crippen molar-refractivity contribution in [3.8, 4) is 0 Å². The zero-order valence-corrected chi connectivity index (χ0v) is 16.1. The quantitative estimate of drug-likeness (QED) is 0.719. The molecule has 1 N–H and O–H groups in total. The molecule has 1 aliphatic heterocycles. The van der Waals surface area contributed by atoms with Crippen LogP contribution in [0.4, 0.5) is 0 Å². The van der Waals surface area contributed by atoms with E-state index in [4.69, 9.17) is 4.74 Å². The number of hydrogen-bond acceptors (Lipinski definition) is 5. The molecule has 0 radical (unpaired) electrons. The molecule has 9 heteroatoms. The maximum Gasteiger partial charge on any atom is 0.244 e. The van der Waals surface area contributed by atoms with Gasteiger partial charge < -0.3 is 9.64 Å². The number of hydrogen-bond donors (Lipinski definition) is 1. The van der Waals surface area contributed by atoms with Gasteiger partial charge in [0.15, 0.2) is 0 Å².